The van der Waals surface area contributed by atoms with Gasteiger partial charge in [-0.15, -0.1) is 0 Å². The number of esters is 1. The summed E-state index contributed by atoms with van der Waals surface area (Å²) in [7, 11) is 1.31. The van der Waals surface area contributed by atoms with Crippen molar-refractivity contribution in [2.24, 2.45) is 5.92 Å². The zero-order valence-corrected chi connectivity index (χ0v) is 22.8. The van der Waals surface area contributed by atoms with Gasteiger partial charge < -0.3 is 35.2 Å². The van der Waals surface area contributed by atoms with Crippen LogP contribution in [0.25, 0.3) is 0 Å². The van der Waals surface area contributed by atoms with Crippen molar-refractivity contribution in [2.75, 3.05) is 37.0 Å². The Morgan fingerprint density at radius 1 is 1.26 bits per heavy atom. The molecule has 1 fully saturated rings. The highest BCUT2D eigenvalue weighted by atomic mass is 16.5. The fraction of sp³-hybridized carbons (Fsp3) is 0.571. The van der Waals surface area contributed by atoms with Gasteiger partial charge in [-0.05, 0) is 50.8 Å². The number of ether oxygens (including phenoxy) is 1. The zero-order chi connectivity index (χ0) is 28.7. The summed E-state index contributed by atoms with van der Waals surface area (Å²) in [5, 5.41) is 33.5. The number of unbranched alkanes of at least 4 members (excludes halogenated alkanes) is 1. The SMILES string of the molecule is COC(=O)CCCCN1C(=O)[C@@](O)([C@@H](C)/C=C/CC(=O)N2CCC[C@H]2CO)c2cc(NC(=O)[C@H](C)O)ccc21. The smallest absolute Gasteiger partial charge is 0.305 e. The molecule has 0 saturated carbocycles. The molecule has 3 amide bonds. The Balaban J connectivity index is 1.83. The Hall–Kier alpha value is -3.28. The standard InChI is InChI=1S/C28H39N3O8/c1-18(8-6-10-24(34)30-15-7-9-21(30)17-32)28(38)22-16-20(29-26(36)19(2)33)12-13-23(22)31(27(28)37)14-5-4-11-25(35)39-3/h6,8,12-13,16,18-19,21,32-33,38H,4-5,7,9-11,14-15,17H2,1-3H3,(H,29,36)/b8-6+/t18-,19-,21-,28+/m0/s1. The van der Waals surface area contributed by atoms with Crippen LogP contribution in [0.1, 0.15) is 57.9 Å². The average molecular weight is 546 g/mol. The molecule has 0 aliphatic carbocycles. The lowest BCUT2D eigenvalue weighted by Gasteiger charge is -2.28. The second kappa shape index (κ2) is 13.2. The minimum atomic E-state index is -1.97. The molecule has 2 aliphatic rings. The van der Waals surface area contributed by atoms with Gasteiger partial charge in [-0.25, -0.2) is 0 Å². The van der Waals surface area contributed by atoms with Gasteiger partial charge in [-0.2, -0.15) is 0 Å². The third-order valence-corrected chi connectivity index (χ3v) is 7.44. The van der Waals surface area contributed by atoms with E-state index in [9.17, 15) is 34.5 Å². The van der Waals surface area contributed by atoms with E-state index in [1.165, 1.54) is 25.0 Å². The van der Waals surface area contributed by atoms with Gasteiger partial charge in [0.15, 0.2) is 5.60 Å². The van der Waals surface area contributed by atoms with E-state index in [0.717, 1.165) is 12.8 Å². The number of rotatable bonds is 12. The number of benzene rings is 1. The number of nitrogens with zero attached hydrogens (tertiary/aromatic N) is 2. The molecule has 0 spiro atoms. The topological polar surface area (TPSA) is 157 Å². The lowest BCUT2D eigenvalue weighted by molar-refractivity contribution is -0.140. The maximum atomic E-state index is 13.7. The Bertz CT molecular complexity index is 1100. The van der Waals surface area contributed by atoms with Gasteiger partial charge in [0, 0.05) is 43.1 Å². The Labute approximate surface area is 228 Å². The van der Waals surface area contributed by atoms with Gasteiger partial charge in [-0.3, -0.25) is 19.2 Å². The molecular weight excluding hydrogens is 506 g/mol. The van der Waals surface area contributed by atoms with Crippen LogP contribution in [0.3, 0.4) is 0 Å². The van der Waals surface area contributed by atoms with Gasteiger partial charge >= 0.3 is 5.97 Å². The van der Waals surface area contributed by atoms with Crippen LogP contribution in [-0.2, 0) is 29.5 Å². The number of fused-ring (bicyclic) bond motifs is 1. The van der Waals surface area contributed by atoms with Gasteiger partial charge in [0.2, 0.25) is 5.91 Å². The molecule has 11 nitrogen and oxygen atoms in total. The van der Waals surface area contributed by atoms with Crippen LogP contribution in [0.4, 0.5) is 11.4 Å². The molecule has 11 heteroatoms. The number of likely N-dealkylation sites (tertiary alicyclic amines) is 1. The zero-order valence-electron chi connectivity index (χ0n) is 22.8. The van der Waals surface area contributed by atoms with Crippen LogP contribution >= 0.6 is 0 Å². The first-order chi connectivity index (χ1) is 18.5. The van der Waals surface area contributed by atoms with Crippen molar-refractivity contribution >= 4 is 35.1 Å². The fourth-order valence-corrected chi connectivity index (χ4v) is 5.12. The molecule has 0 unspecified atom stereocenters. The number of carbonyl (C=O) groups is 4. The number of hydrogen-bond acceptors (Lipinski definition) is 8. The van der Waals surface area contributed by atoms with Gasteiger partial charge in [-0.1, -0.05) is 19.1 Å². The molecule has 1 aromatic carbocycles. The Morgan fingerprint density at radius 3 is 2.67 bits per heavy atom. The molecule has 2 aliphatic heterocycles. The average Bonchev–Trinajstić information content (AvgIpc) is 3.48. The van der Waals surface area contributed by atoms with E-state index >= 15 is 0 Å². The van der Waals surface area contributed by atoms with Crippen molar-refractivity contribution in [3.05, 3.63) is 35.9 Å². The number of anilines is 2. The minimum Gasteiger partial charge on any atom is -0.469 e. The van der Waals surface area contributed by atoms with Crippen LogP contribution in [0.5, 0.6) is 0 Å². The van der Waals surface area contributed by atoms with Crippen molar-refractivity contribution in [1.29, 1.82) is 0 Å². The minimum absolute atomic E-state index is 0.0691. The molecule has 1 aromatic rings. The maximum absolute atomic E-state index is 13.7. The number of nitrogens with one attached hydrogen (secondary N) is 1. The largest absolute Gasteiger partial charge is 0.469 e. The molecule has 2 heterocycles. The quantitative estimate of drug-likeness (QED) is 0.175. The van der Waals surface area contributed by atoms with Crippen LogP contribution in [0.15, 0.2) is 30.4 Å². The number of amides is 3. The van der Waals surface area contributed by atoms with E-state index in [1.807, 2.05) is 0 Å². The Kier molecular flexibility index (Phi) is 10.2. The third kappa shape index (κ3) is 6.66. The number of aliphatic hydroxyl groups excluding tert-OH is 2. The summed E-state index contributed by atoms with van der Waals surface area (Å²) in [4.78, 5) is 53.0. The first-order valence-corrected chi connectivity index (χ1v) is 13.4. The normalized spacial score (nSPS) is 22.2. The predicted molar refractivity (Wildman–Crippen MR) is 144 cm³/mol. The highest BCUT2D eigenvalue weighted by Gasteiger charge is 2.52. The van der Waals surface area contributed by atoms with Crippen molar-refractivity contribution in [3.8, 4) is 0 Å². The Morgan fingerprint density at radius 2 is 2.00 bits per heavy atom. The van der Waals surface area contributed by atoms with E-state index in [4.69, 9.17) is 0 Å². The van der Waals surface area contributed by atoms with Crippen LogP contribution in [0.2, 0.25) is 0 Å². The lowest BCUT2D eigenvalue weighted by Crippen LogP contribution is -2.44. The summed E-state index contributed by atoms with van der Waals surface area (Å²) in [6.45, 7) is 3.78. The van der Waals surface area contributed by atoms with Crippen molar-refractivity contribution in [3.63, 3.8) is 0 Å². The monoisotopic (exact) mass is 545 g/mol. The summed E-state index contributed by atoms with van der Waals surface area (Å²) >= 11 is 0. The maximum Gasteiger partial charge on any atom is 0.305 e. The summed E-state index contributed by atoms with van der Waals surface area (Å²) in [6, 6.07) is 4.56. The molecule has 214 valence electrons. The first-order valence-electron chi connectivity index (χ1n) is 13.4. The number of methoxy groups -OCH3 is 1. The van der Waals surface area contributed by atoms with E-state index in [-0.39, 0.29) is 43.9 Å². The second-order valence-electron chi connectivity index (χ2n) is 10.1. The molecule has 4 atom stereocenters. The number of aliphatic hydroxyl groups is 3. The first kappa shape index (κ1) is 30.3. The van der Waals surface area contributed by atoms with Crippen molar-refractivity contribution in [1.82, 2.24) is 4.90 Å². The van der Waals surface area contributed by atoms with E-state index in [1.54, 1.807) is 36.1 Å². The molecule has 4 N–H and O–H groups in total. The number of hydrogen-bond donors (Lipinski definition) is 4. The molecule has 3 rings (SSSR count). The molecule has 0 bridgehead atoms. The summed E-state index contributed by atoms with van der Waals surface area (Å²) in [6.07, 6.45) is 4.88. The summed E-state index contributed by atoms with van der Waals surface area (Å²) in [5.74, 6) is -2.37. The summed E-state index contributed by atoms with van der Waals surface area (Å²) in [5.41, 5.74) is -0.875. The van der Waals surface area contributed by atoms with Crippen LogP contribution < -0.4 is 10.2 Å². The highest BCUT2D eigenvalue weighted by Crippen LogP contribution is 2.46. The molecule has 0 radical (unpaired) electrons. The van der Waals surface area contributed by atoms with E-state index in [0.29, 0.717) is 36.3 Å². The van der Waals surface area contributed by atoms with Crippen molar-refractivity contribution < 1.29 is 39.2 Å². The molecule has 0 aromatic heterocycles. The van der Waals surface area contributed by atoms with Crippen LogP contribution in [-0.4, -0.2) is 82.9 Å². The highest BCUT2D eigenvalue weighted by molar-refractivity contribution is 6.08. The summed E-state index contributed by atoms with van der Waals surface area (Å²) < 4.78 is 4.67. The van der Waals surface area contributed by atoms with Gasteiger partial charge in [0.1, 0.15) is 6.10 Å². The van der Waals surface area contributed by atoms with Crippen molar-refractivity contribution in [2.45, 2.75) is 70.1 Å². The van der Waals surface area contributed by atoms with Crippen LogP contribution in [0, 0.1) is 5.92 Å². The number of carbonyl (C=O) groups excluding carboxylic acids is 4. The third-order valence-electron chi connectivity index (χ3n) is 7.44. The molecular formula is C28H39N3O8. The van der Waals surface area contributed by atoms with Gasteiger partial charge in [0.25, 0.3) is 11.8 Å². The van der Waals surface area contributed by atoms with E-state index < -0.39 is 29.4 Å². The predicted octanol–water partition coefficient (Wildman–Crippen LogP) is 1.45. The van der Waals surface area contributed by atoms with Gasteiger partial charge in [0.05, 0.1) is 25.4 Å². The molecule has 1 saturated heterocycles. The van der Waals surface area contributed by atoms with E-state index in [2.05, 4.69) is 10.1 Å². The molecule has 39 heavy (non-hydrogen) atoms. The fourth-order valence-electron chi connectivity index (χ4n) is 5.12. The second-order valence-corrected chi connectivity index (χ2v) is 10.1. The lowest BCUT2D eigenvalue weighted by atomic mass is 9.82.